The third-order valence-corrected chi connectivity index (χ3v) is 5.75. The van der Waals surface area contributed by atoms with Crippen molar-refractivity contribution in [1.82, 2.24) is 20.2 Å². The highest BCUT2D eigenvalue weighted by molar-refractivity contribution is 8.00. The van der Waals surface area contributed by atoms with Crippen LogP contribution in [0.2, 0.25) is 0 Å². The van der Waals surface area contributed by atoms with Gasteiger partial charge >= 0.3 is 5.97 Å². The minimum atomic E-state index is -1.01. The number of nitrogens with zero attached hydrogens (tertiary/aromatic N) is 4. The minimum absolute atomic E-state index is 0.0262. The molecule has 0 saturated heterocycles. The third kappa shape index (κ3) is 3.42. The average Bonchev–Trinajstić information content (AvgIpc) is 3.31. The van der Waals surface area contributed by atoms with Crippen molar-refractivity contribution in [2.24, 2.45) is 0 Å². The first-order chi connectivity index (χ1) is 14.0. The second-order valence-corrected chi connectivity index (χ2v) is 7.43. The summed E-state index contributed by atoms with van der Waals surface area (Å²) in [5.74, 6) is 0.0476. The van der Waals surface area contributed by atoms with Crippen LogP contribution in [0.5, 0.6) is 11.5 Å². The zero-order chi connectivity index (χ0) is 20.5. The zero-order valence-corrected chi connectivity index (χ0v) is 16.3. The summed E-state index contributed by atoms with van der Waals surface area (Å²) in [6.45, 7) is 0. The molecule has 0 amide bonds. The molecule has 4 rings (SSSR count). The Labute approximate surface area is 169 Å². The molecule has 0 spiro atoms. The Bertz CT molecular complexity index is 1100. The summed E-state index contributed by atoms with van der Waals surface area (Å²) < 4.78 is 12.1. The van der Waals surface area contributed by atoms with Crippen molar-refractivity contribution in [2.45, 2.75) is 16.8 Å². The molecule has 1 aliphatic carbocycles. The third-order valence-electron chi connectivity index (χ3n) is 4.62. The second kappa shape index (κ2) is 7.55. The molecule has 0 saturated carbocycles. The SMILES string of the molecule is COc1cc2c(cc1OC)C(=O)C(Sc1nnnn1-c1ccc(C(=O)O)cc1)C2. The molecule has 10 heteroatoms. The molecule has 2 aromatic carbocycles. The molecule has 0 fully saturated rings. The average molecular weight is 412 g/mol. The number of carbonyl (C=O) groups excluding carboxylic acids is 1. The summed E-state index contributed by atoms with van der Waals surface area (Å²) in [4.78, 5) is 23.9. The first kappa shape index (κ1) is 18.9. The quantitative estimate of drug-likeness (QED) is 0.651. The van der Waals surface area contributed by atoms with Gasteiger partial charge in [0.1, 0.15) is 0 Å². The fourth-order valence-corrected chi connectivity index (χ4v) is 4.24. The molecule has 1 atom stereocenters. The number of Topliss-reactive ketones (excluding diaryl/α,β-unsaturated/α-hetero) is 1. The van der Waals surface area contributed by atoms with E-state index in [0.29, 0.717) is 34.3 Å². The monoisotopic (exact) mass is 412 g/mol. The molecule has 0 bridgehead atoms. The number of hydrogen-bond donors (Lipinski definition) is 1. The van der Waals surface area contributed by atoms with Crippen LogP contribution in [0.3, 0.4) is 0 Å². The lowest BCUT2D eigenvalue weighted by molar-refractivity contribution is 0.0696. The number of tetrazole rings is 1. The number of aromatic carboxylic acids is 1. The maximum absolute atomic E-state index is 12.9. The number of hydrogen-bond acceptors (Lipinski definition) is 8. The van der Waals surface area contributed by atoms with Crippen LogP contribution in [0.15, 0.2) is 41.6 Å². The van der Waals surface area contributed by atoms with Gasteiger partial charge in [0.2, 0.25) is 5.16 Å². The Hall–Kier alpha value is -3.40. The Morgan fingerprint density at radius 3 is 2.52 bits per heavy atom. The lowest BCUT2D eigenvalue weighted by Gasteiger charge is -2.09. The minimum Gasteiger partial charge on any atom is -0.493 e. The van der Waals surface area contributed by atoms with E-state index in [1.165, 1.54) is 35.7 Å². The zero-order valence-electron chi connectivity index (χ0n) is 15.5. The number of methoxy groups -OCH3 is 2. The molecule has 1 N–H and O–H groups in total. The van der Waals surface area contributed by atoms with Gasteiger partial charge in [0.05, 0.1) is 30.7 Å². The Morgan fingerprint density at radius 1 is 1.17 bits per heavy atom. The summed E-state index contributed by atoms with van der Waals surface area (Å²) in [5, 5.41) is 20.8. The van der Waals surface area contributed by atoms with E-state index >= 15 is 0 Å². The smallest absolute Gasteiger partial charge is 0.335 e. The molecule has 9 nitrogen and oxygen atoms in total. The lowest BCUT2D eigenvalue weighted by atomic mass is 10.1. The Kier molecular flexibility index (Phi) is 4.93. The van der Waals surface area contributed by atoms with Crippen LogP contribution in [0, 0.1) is 0 Å². The number of thioether (sulfide) groups is 1. The first-order valence-electron chi connectivity index (χ1n) is 8.59. The molecule has 1 heterocycles. The van der Waals surface area contributed by atoms with E-state index in [0.717, 1.165) is 5.56 Å². The molecular weight excluding hydrogens is 396 g/mol. The van der Waals surface area contributed by atoms with Gasteiger partial charge < -0.3 is 14.6 Å². The van der Waals surface area contributed by atoms with Crippen molar-refractivity contribution >= 4 is 23.5 Å². The van der Waals surface area contributed by atoms with Gasteiger partial charge in [-0.05, 0) is 58.8 Å². The van der Waals surface area contributed by atoms with E-state index in [1.807, 2.05) is 6.07 Å². The summed E-state index contributed by atoms with van der Waals surface area (Å²) in [5.41, 5.74) is 2.26. The predicted octanol–water partition coefficient (Wildman–Crippen LogP) is 2.28. The van der Waals surface area contributed by atoms with Gasteiger partial charge in [-0.25, -0.2) is 4.79 Å². The van der Waals surface area contributed by atoms with E-state index in [-0.39, 0.29) is 16.6 Å². The highest BCUT2D eigenvalue weighted by atomic mass is 32.2. The number of benzene rings is 2. The van der Waals surface area contributed by atoms with Crippen LogP contribution < -0.4 is 9.47 Å². The highest BCUT2D eigenvalue weighted by Crippen LogP contribution is 2.39. The molecule has 0 radical (unpaired) electrons. The van der Waals surface area contributed by atoms with Gasteiger partial charge in [0, 0.05) is 5.56 Å². The number of carboxylic acids is 1. The van der Waals surface area contributed by atoms with Crippen molar-refractivity contribution in [3.63, 3.8) is 0 Å². The Balaban J connectivity index is 1.59. The molecule has 29 heavy (non-hydrogen) atoms. The number of ether oxygens (including phenoxy) is 2. The van der Waals surface area contributed by atoms with Gasteiger partial charge in [-0.15, -0.1) is 5.10 Å². The number of carbonyl (C=O) groups is 2. The standard InChI is InChI=1S/C19H16N4O5S/c1-27-14-7-11-8-16(17(24)13(11)9-15(14)28-2)29-19-20-21-22-23(19)12-5-3-10(4-6-12)18(25)26/h3-7,9,16H,8H2,1-2H3,(H,25,26). The van der Waals surface area contributed by atoms with Crippen molar-refractivity contribution in [1.29, 1.82) is 0 Å². The van der Waals surface area contributed by atoms with E-state index < -0.39 is 5.97 Å². The fraction of sp³-hybridized carbons (Fsp3) is 0.211. The molecular formula is C19H16N4O5S. The van der Waals surface area contributed by atoms with Crippen LogP contribution in [0.25, 0.3) is 5.69 Å². The first-order valence-corrected chi connectivity index (χ1v) is 9.47. The lowest BCUT2D eigenvalue weighted by Crippen LogP contribution is -2.13. The molecule has 1 unspecified atom stereocenters. The number of ketones is 1. The summed E-state index contributed by atoms with van der Waals surface area (Å²) >= 11 is 1.26. The summed E-state index contributed by atoms with van der Waals surface area (Å²) in [6, 6.07) is 9.70. The van der Waals surface area contributed by atoms with Crippen molar-refractivity contribution in [3.8, 4) is 17.2 Å². The number of carboxylic acid groups (broad SMARTS) is 1. The number of aromatic nitrogens is 4. The summed E-state index contributed by atoms with van der Waals surface area (Å²) in [6.07, 6.45) is 0.518. The van der Waals surface area contributed by atoms with Gasteiger partial charge in [0.25, 0.3) is 0 Å². The van der Waals surface area contributed by atoms with Crippen LogP contribution in [-0.2, 0) is 6.42 Å². The normalized spacial score (nSPS) is 15.2. The topological polar surface area (TPSA) is 116 Å². The predicted molar refractivity (Wildman–Crippen MR) is 103 cm³/mol. The van der Waals surface area contributed by atoms with Gasteiger partial charge in [-0.3, -0.25) is 4.79 Å². The number of fused-ring (bicyclic) bond motifs is 1. The maximum Gasteiger partial charge on any atom is 0.335 e. The fourth-order valence-electron chi connectivity index (χ4n) is 3.17. The van der Waals surface area contributed by atoms with Crippen LogP contribution in [0.1, 0.15) is 26.3 Å². The van der Waals surface area contributed by atoms with Crippen molar-refractivity contribution in [2.75, 3.05) is 14.2 Å². The molecule has 0 aliphatic heterocycles. The van der Waals surface area contributed by atoms with E-state index in [4.69, 9.17) is 14.6 Å². The van der Waals surface area contributed by atoms with Crippen molar-refractivity contribution in [3.05, 3.63) is 53.1 Å². The van der Waals surface area contributed by atoms with Gasteiger partial charge in [-0.2, -0.15) is 4.68 Å². The second-order valence-electron chi connectivity index (χ2n) is 6.26. The summed E-state index contributed by atoms with van der Waals surface area (Å²) in [7, 11) is 3.08. The van der Waals surface area contributed by atoms with Crippen LogP contribution >= 0.6 is 11.8 Å². The van der Waals surface area contributed by atoms with Crippen LogP contribution in [-0.4, -0.2) is 56.5 Å². The molecule has 148 valence electrons. The van der Waals surface area contributed by atoms with Crippen molar-refractivity contribution < 1.29 is 24.2 Å². The Morgan fingerprint density at radius 2 is 1.86 bits per heavy atom. The molecule has 3 aromatic rings. The maximum atomic E-state index is 12.9. The van der Waals surface area contributed by atoms with E-state index in [1.54, 1.807) is 25.3 Å². The van der Waals surface area contributed by atoms with Gasteiger partial charge in [0.15, 0.2) is 17.3 Å². The van der Waals surface area contributed by atoms with Gasteiger partial charge in [-0.1, -0.05) is 11.8 Å². The van der Waals surface area contributed by atoms with Crippen LogP contribution in [0.4, 0.5) is 0 Å². The van der Waals surface area contributed by atoms with E-state index in [9.17, 15) is 9.59 Å². The number of rotatable bonds is 6. The largest absolute Gasteiger partial charge is 0.493 e. The highest BCUT2D eigenvalue weighted by Gasteiger charge is 2.34. The molecule has 1 aromatic heterocycles. The van der Waals surface area contributed by atoms with E-state index in [2.05, 4.69) is 15.5 Å². The molecule has 1 aliphatic rings.